The first-order valence-corrected chi connectivity index (χ1v) is 9.94. The van der Waals surface area contributed by atoms with Crippen molar-refractivity contribution in [3.63, 3.8) is 0 Å². The number of carbonyl (C=O) groups is 1. The number of hydrogen-bond acceptors (Lipinski definition) is 4. The van der Waals surface area contributed by atoms with Crippen LogP contribution in [0.25, 0.3) is 11.1 Å². The van der Waals surface area contributed by atoms with E-state index >= 15 is 4.39 Å². The molecule has 2 aromatic rings. The lowest BCUT2D eigenvalue weighted by molar-refractivity contribution is 0.0959. The average molecular weight is 422 g/mol. The van der Waals surface area contributed by atoms with Gasteiger partial charge in [-0.3, -0.25) is 4.79 Å². The second-order valence-corrected chi connectivity index (χ2v) is 7.26. The van der Waals surface area contributed by atoms with Crippen molar-refractivity contribution >= 4 is 35.0 Å². The van der Waals surface area contributed by atoms with E-state index in [1.54, 1.807) is 14.0 Å². The van der Waals surface area contributed by atoms with Crippen LogP contribution in [0, 0.1) is 35.8 Å². The Morgan fingerprint density at radius 2 is 1.90 bits per heavy atom. The fourth-order valence-electron chi connectivity index (χ4n) is 3.46. The maximum Gasteiger partial charge on any atom is 0.171 e. The summed E-state index contributed by atoms with van der Waals surface area (Å²) in [5, 5.41) is 10.00. The van der Waals surface area contributed by atoms with Gasteiger partial charge in [0.1, 0.15) is 5.82 Å². The molecule has 29 heavy (non-hydrogen) atoms. The van der Waals surface area contributed by atoms with Gasteiger partial charge < -0.3 is 16.5 Å². The molecule has 0 heterocycles. The summed E-state index contributed by atoms with van der Waals surface area (Å²) in [4.78, 5) is 12.6. The molecule has 1 aliphatic rings. The zero-order chi connectivity index (χ0) is 22.0. The largest absolute Gasteiger partial charge is 0.398 e. The SMILES string of the molecule is CC.CNc1c(C=N)ccc(F)c1-c1c(C)c(N)c(C(=O)C2CC2C)c(F)c1Cl. The van der Waals surface area contributed by atoms with Crippen molar-refractivity contribution in [2.75, 3.05) is 18.1 Å². The fraction of sp³-hybridized carbons (Fsp3) is 0.364. The van der Waals surface area contributed by atoms with Gasteiger partial charge in [0.15, 0.2) is 11.6 Å². The molecule has 2 aromatic carbocycles. The molecule has 0 amide bonds. The van der Waals surface area contributed by atoms with E-state index in [2.05, 4.69) is 5.32 Å². The monoisotopic (exact) mass is 421 g/mol. The van der Waals surface area contributed by atoms with E-state index in [0.717, 1.165) is 6.21 Å². The first-order chi connectivity index (χ1) is 13.7. The van der Waals surface area contributed by atoms with Crippen LogP contribution in [0.4, 0.5) is 20.2 Å². The average Bonchev–Trinajstić information content (AvgIpc) is 3.45. The highest BCUT2D eigenvalue weighted by atomic mass is 35.5. The zero-order valence-electron chi connectivity index (χ0n) is 17.2. The van der Waals surface area contributed by atoms with Crippen LogP contribution in [-0.4, -0.2) is 19.0 Å². The van der Waals surface area contributed by atoms with E-state index in [0.29, 0.717) is 23.2 Å². The summed E-state index contributed by atoms with van der Waals surface area (Å²) in [5.74, 6) is -2.00. The topological polar surface area (TPSA) is 79.0 Å². The minimum atomic E-state index is -0.930. The fourth-order valence-corrected chi connectivity index (χ4v) is 3.79. The van der Waals surface area contributed by atoms with Crippen LogP contribution in [-0.2, 0) is 0 Å². The minimum Gasteiger partial charge on any atom is -0.398 e. The minimum absolute atomic E-state index is 0.0189. The molecule has 1 fully saturated rings. The summed E-state index contributed by atoms with van der Waals surface area (Å²) >= 11 is 6.28. The molecule has 0 spiro atoms. The highest BCUT2D eigenvalue weighted by molar-refractivity contribution is 6.35. The molecular formula is C22H26ClF2N3O. The summed E-state index contributed by atoms with van der Waals surface area (Å²) in [6, 6.07) is 2.62. The van der Waals surface area contributed by atoms with Crippen molar-refractivity contribution in [1.82, 2.24) is 0 Å². The first-order valence-electron chi connectivity index (χ1n) is 9.56. The highest BCUT2D eigenvalue weighted by Crippen LogP contribution is 2.47. The van der Waals surface area contributed by atoms with Crippen LogP contribution in [0.1, 0.15) is 48.7 Å². The number of nitrogen functional groups attached to an aromatic ring is 1. The van der Waals surface area contributed by atoms with Crippen LogP contribution >= 0.6 is 11.6 Å². The number of rotatable bonds is 5. The van der Waals surface area contributed by atoms with Gasteiger partial charge in [0.05, 0.1) is 16.3 Å². The number of carbonyl (C=O) groups excluding carboxylic acids is 1. The number of nitrogens with one attached hydrogen (secondary N) is 2. The van der Waals surface area contributed by atoms with Gasteiger partial charge in [0.2, 0.25) is 0 Å². The van der Waals surface area contributed by atoms with Gasteiger partial charge in [-0.05, 0) is 37.0 Å². The number of ketones is 1. The number of hydrogen-bond donors (Lipinski definition) is 3. The molecular weight excluding hydrogens is 396 g/mol. The first kappa shape index (κ1) is 22.8. The molecule has 1 aliphatic carbocycles. The molecule has 4 nitrogen and oxygen atoms in total. The molecule has 0 aromatic heterocycles. The van der Waals surface area contributed by atoms with E-state index < -0.39 is 11.6 Å². The van der Waals surface area contributed by atoms with Gasteiger partial charge in [0.25, 0.3) is 0 Å². The second kappa shape index (κ2) is 8.91. The Balaban J connectivity index is 0.00000145. The summed E-state index contributed by atoms with van der Waals surface area (Å²) < 4.78 is 29.8. The van der Waals surface area contributed by atoms with Crippen molar-refractivity contribution in [3.8, 4) is 11.1 Å². The van der Waals surface area contributed by atoms with Crippen molar-refractivity contribution < 1.29 is 13.6 Å². The van der Waals surface area contributed by atoms with E-state index in [1.165, 1.54) is 12.1 Å². The van der Waals surface area contributed by atoms with Crippen molar-refractivity contribution in [1.29, 1.82) is 5.41 Å². The molecule has 156 valence electrons. The number of halogens is 3. The lowest BCUT2D eigenvalue weighted by Crippen LogP contribution is -2.13. The third kappa shape index (κ3) is 3.86. The molecule has 4 N–H and O–H groups in total. The number of nitrogens with two attached hydrogens (primary N) is 1. The number of anilines is 2. The summed E-state index contributed by atoms with van der Waals surface area (Å²) in [6.07, 6.45) is 1.75. The zero-order valence-corrected chi connectivity index (χ0v) is 18.0. The Morgan fingerprint density at radius 3 is 2.38 bits per heavy atom. The number of Topliss-reactive ketones (excluding diaryl/α,β-unsaturated/α-hetero) is 1. The van der Waals surface area contributed by atoms with Crippen molar-refractivity contribution in [2.24, 2.45) is 11.8 Å². The Bertz CT molecular complexity index is 946. The lowest BCUT2D eigenvalue weighted by atomic mass is 9.90. The third-order valence-corrected chi connectivity index (χ3v) is 5.57. The molecule has 0 aliphatic heterocycles. The van der Waals surface area contributed by atoms with Gasteiger partial charge in [-0.2, -0.15) is 0 Å². The van der Waals surface area contributed by atoms with Gasteiger partial charge in [0, 0.05) is 41.6 Å². The van der Waals surface area contributed by atoms with Crippen LogP contribution in [0.3, 0.4) is 0 Å². The van der Waals surface area contributed by atoms with Crippen LogP contribution < -0.4 is 11.1 Å². The second-order valence-electron chi connectivity index (χ2n) is 6.88. The molecule has 0 bridgehead atoms. The molecule has 1 saturated carbocycles. The summed E-state index contributed by atoms with van der Waals surface area (Å²) in [5.41, 5.74) is 7.00. The van der Waals surface area contributed by atoms with E-state index in [-0.39, 0.29) is 45.0 Å². The Hall–Kier alpha value is -2.47. The maximum absolute atomic E-state index is 15.1. The van der Waals surface area contributed by atoms with Gasteiger partial charge in [-0.15, -0.1) is 0 Å². The predicted octanol–water partition coefficient (Wildman–Crippen LogP) is 6.08. The highest BCUT2D eigenvalue weighted by Gasteiger charge is 2.42. The van der Waals surface area contributed by atoms with E-state index in [4.69, 9.17) is 22.7 Å². The summed E-state index contributed by atoms with van der Waals surface area (Å²) in [7, 11) is 1.57. The van der Waals surface area contributed by atoms with Gasteiger partial charge in [-0.1, -0.05) is 32.4 Å². The predicted molar refractivity (Wildman–Crippen MR) is 116 cm³/mol. The van der Waals surface area contributed by atoms with Crippen LogP contribution in [0.5, 0.6) is 0 Å². The maximum atomic E-state index is 15.1. The molecule has 0 radical (unpaired) electrons. The third-order valence-electron chi connectivity index (χ3n) is 5.21. The van der Waals surface area contributed by atoms with Gasteiger partial charge >= 0.3 is 0 Å². The van der Waals surface area contributed by atoms with Crippen molar-refractivity contribution in [3.05, 3.63) is 45.5 Å². The van der Waals surface area contributed by atoms with E-state index in [9.17, 15) is 9.18 Å². The lowest BCUT2D eigenvalue weighted by Gasteiger charge is -2.20. The molecule has 2 atom stereocenters. The quantitative estimate of drug-likeness (QED) is 0.311. The van der Waals surface area contributed by atoms with E-state index in [1.807, 2.05) is 20.8 Å². The standard InChI is InChI=1S/C20H20ClF2N3O.C2H6/c1-8-6-11(8)20(27)15-17(23)16(21)13(9(2)18(15)25)14-12(22)5-4-10(7-24)19(14)26-3;1-2/h4-5,7-8,11,24,26H,6,25H2,1-3H3;1-2H3. The Labute approximate surface area is 175 Å². The molecule has 7 heteroatoms. The van der Waals surface area contributed by atoms with Crippen LogP contribution in [0.2, 0.25) is 5.02 Å². The Morgan fingerprint density at radius 1 is 1.31 bits per heavy atom. The Kier molecular flexibility index (Phi) is 7.01. The molecule has 0 saturated heterocycles. The number of benzene rings is 2. The normalized spacial score (nSPS) is 17.2. The smallest absolute Gasteiger partial charge is 0.171 e. The summed E-state index contributed by atoms with van der Waals surface area (Å²) in [6.45, 7) is 7.50. The van der Waals surface area contributed by atoms with Crippen molar-refractivity contribution in [2.45, 2.75) is 34.1 Å². The van der Waals surface area contributed by atoms with Gasteiger partial charge in [-0.25, -0.2) is 8.78 Å². The molecule has 2 unspecified atom stereocenters. The van der Waals surface area contributed by atoms with Crippen LogP contribution in [0.15, 0.2) is 12.1 Å². The molecule has 3 rings (SSSR count).